The molecule has 0 saturated heterocycles. The molecule has 1 rings (SSSR count). The van der Waals surface area contributed by atoms with Crippen molar-refractivity contribution in [2.75, 3.05) is 14.2 Å². The van der Waals surface area contributed by atoms with Crippen LogP contribution < -0.4 is 4.74 Å². The second-order valence-corrected chi connectivity index (χ2v) is 3.27. The van der Waals surface area contributed by atoms with E-state index in [4.69, 9.17) is 9.84 Å². The van der Waals surface area contributed by atoms with E-state index in [0.717, 1.165) is 0 Å². The summed E-state index contributed by atoms with van der Waals surface area (Å²) in [6.45, 7) is 0. The first-order chi connectivity index (χ1) is 8.58. The second kappa shape index (κ2) is 6.30. The van der Waals surface area contributed by atoms with Crippen LogP contribution in [0, 0.1) is 11.8 Å². The van der Waals surface area contributed by atoms with Gasteiger partial charge in [0.25, 0.3) is 0 Å². The number of carbonyl (C=O) groups is 2. The molecule has 0 aliphatic rings. The molecule has 94 valence electrons. The van der Waals surface area contributed by atoms with Crippen molar-refractivity contribution in [2.24, 2.45) is 0 Å². The van der Waals surface area contributed by atoms with Crippen LogP contribution in [0.2, 0.25) is 0 Å². The molecule has 0 radical (unpaired) electrons. The van der Waals surface area contributed by atoms with Crippen molar-refractivity contribution in [3.8, 4) is 17.6 Å². The standard InChI is InChI=1S/C13H12O5/c1-17-10-6-7-11(13(15)16)9(8-10)4-3-5-12(14)18-2/h6-8H,5H2,1-2H3,(H,15,16). The quantitative estimate of drug-likeness (QED) is 0.645. The van der Waals surface area contributed by atoms with Crippen LogP contribution in [0.1, 0.15) is 22.3 Å². The van der Waals surface area contributed by atoms with Crippen molar-refractivity contribution in [3.05, 3.63) is 29.3 Å². The van der Waals surface area contributed by atoms with Crippen LogP contribution in [0.25, 0.3) is 0 Å². The predicted molar refractivity (Wildman–Crippen MR) is 63.5 cm³/mol. The number of carbonyl (C=O) groups excluding carboxylic acids is 1. The Morgan fingerprint density at radius 1 is 1.33 bits per heavy atom. The third-order valence-electron chi connectivity index (χ3n) is 2.14. The molecule has 0 spiro atoms. The minimum Gasteiger partial charge on any atom is -0.497 e. The Morgan fingerprint density at radius 3 is 2.61 bits per heavy atom. The van der Waals surface area contributed by atoms with E-state index < -0.39 is 11.9 Å². The molecule has 5 heteroatoms. The number of methoxy groups -OCH3 is 2. The summed E-state index contributed by atoms with van der Waals surface area (Å²) in [5, 5.41) is 8.98. The lowest BCUT2D eigenvalue weighted by molar-refractivity contribution is -0.139. The first-order valence-corrected chi connectivity index (χ1v) is 5.05. The topological polar surface area (TPSA) is 72.8 Å². The van der Waals surface area contributed by atoms with E-state index >= 15 is 0 Å². The summed E-state index contributed by atoms with van der Waals surface area (Å²) >= 11 is 0. The number of carboxylic acid groups (broad SMARTS) is 1. The summed E-state index contributed by atoms with van der Waals surface area (Å²) < 4.78 is 9.41. The van der Waals surface area contributed by atoms with Gasteiger partial charge in [0.1, 0.15) is 12.2 Å². The maximum absolute atomic E-state index is 11.0. The number of hydrogen-bond donors (Lipinski definition) is 1. The SMILES string of the molecule is COC(=O)CC#Cc1cc(OC)ccc1C(=O)O. The molecule has 0 fully saturated rings. The number of carboxylic acids is 1. The van der Waals surface area contributed by atoms with Crippen LogP contribution in [0.15, 0.2) is 18.2 Å². The Hall–Kier alpha value is -2.48. The zero-order valence-electron chi connectivity index (χ0n) is 10.0. The molecule has 0 aromatic heterocycles. The lowest BCUT2D eigenvalue weighted by Crippen LogP contribution is -2.01. The van der Waals surface area contributed by atoms with Gasteiger partial charge in [0.15, 0.2) is 0 Å². The first kappa shape index (κ1) is 13.6. The summed E-state index contributed by atoms with van der Waals surface area (Å²) in [6, 6.07) is 4.45. The Labute approximate surface area is 104 Å². The average Bonchev–Trinajstić information content (AvgIpc) is 2.37. The lowest BCUT2D eigenvalue weighted by atomic mass is 10.1. The summed E-state index contributed by atoms with van der Waals surface area (Å²) in [7, 11) is 2.74. The monoisotopic (exact) mass is 248 g/mol. The largest absolute Gasteiger partial charge is 0.497 e. The first-order valence-electron chi connectivity index (χ1n) is 5.05. The van der Waals surface area contributed by atoms with E-state index in [2.05, 4.69) is 16.6 Å². The molecule has 0 atom stereocenters. The van der Waals surface area contributed by atoms with Gasteiger partial charge in [0.2, 0.25) is 0 Å². The fraction of sp³-hybridized carbons (Fsp3) is 0.231. The van der Waals surface area contributed by atoms with Crippen molar-refractivity contribution >= 4 is 11.9 Å². The van der Waals surface area contributed by atoms with Gasteiger partial charge < -0.3 is 14.6 Å². The number of benzene rings is 1. The average molecular weight is 248 g/mol. The molecule has 1 N–H and O–H groups in total. The van der Waals surface area contributed by atoms with Gasteiger partial charge in [-0.1, -0.05) is 11.8 Å². The minimum absolute atomic E-state index is 0.0631. The van der Waals surface area contributed by atoms with Crippen LogP contribution >= 0.6 is 0 Å². The van der Waals surface area contributed by atoms with Gasteiger partial charge in [0, 0.05) is 5.56 Å². The molecule has 1 aromatic rings. The van der Waals surface area contributed by atoms with Crippen LogP contribution in [-0.4, -0.2) is 31.3 Å². The molecule has 18 heavy (non-hydrogen) atoms. The van der Waals surface area contributed by atoms with E-state index in [1.807, 2.05) is 0 Å². The van der Waals surface area contributed by atoms with Crippen molar-refractivity contribution < 1.29 is 24.2 Å². The van der Waals surface area contributed by atoms with E-state index in [-0.39, 0.29) is 12.0 Å². The van der Waals surface area contributed by atoms with Crippen molar-refractivity contribution in [2.45, 2.75) is 6.42 Å². The number of rotatable bonds is 3. The van der Waals surface area contributed by atoms with Crippen molar-refractivity contribution in [1.82, 2.24) is 0 Å². The fourth-order valence-corrected chi connectivity index (χ4v) is 1.22. The van der Waals surface area contributed by atoms with E-state index in [1.165, 1.54) is 32.4 Å². The maximum atomic E-state index is 11.0. The Bertz CT molecular complexity index is 522. The molecule has 0 aliphatic heterocycles. The Kier molecular flexibility index (Phi) is 4.76. The number of esters is 1. The highest BCUT2D eigenvalue weighted by atomic mass is 16.5. The number of hydrogen-bond acceptors (Lipinski definition) is 4. The summed E-state index contributed by atoms with van der Waals surface area (Å²) in [4.78, 5) is 21.9. The van der Waals surface area contributed by atoms with Gasteiger partial charge >= 0.3 is 11.9 Å². The van der Waals surface area contributed by atoms with Gasteiger partial charge in [-0.05, 0) is 18.2 Å². The number of aromatic carboxylic acids is 1. The minimum atomic E-state index is -1.08. The third kappa shape index (κ3) is 3.52. The van der Waals surface area contributed by atoms with Crippen LogP contribution in [0.5, 0.6) is 5.75 Å². The molecule has 5 nitrogen and oxygen atoms in total. The summed E-state index contributed by atoms with van der Waals surface area (Å²) in [6.07, 6.45) is -0.0905. The van der Waals surface area contributed by atoms with Gasteiger partial charge in [-0.25, -0.2) is 4.79 Å². The predicted octanol–water partition coefficient (Wildman–Crippen LogP) is 1.31. The molecule has 0 amide bonds. The highest BCUT2D eigenvalue weighted by Gasteiger charge is 2.09. The fourth-order valence-electron chi connectivity index (χ4n) is 1.22. The summed E-state index contributed by atoms with van der Waals surface area (Å²) in [5.41, 5.74) is 0.360. The van der Waals surface area contributed by atoms with E-state index in [0.29, 0.717) is 11.3 Å². The molecular weight excluding hydrogens is 236 g/mol. The molecule has 1 aromatic carbocycles. The molecule has 0 heterocycles. The third-order valence-corrected chi connectivity index (χ3v) is 2.14. The highest BCUT2D eigenvalue weighted by molar-refractivity contribution is 5.91. The van der Waals surface area contributed by atoms with Crippen LogP contribution in [-0.2, 0) is 9.53 Å². The maximum Gasteiger partial charge on any atom is 0.336 e. The lowest BCUT2D eigenvalue weighted by Gasteiger charge is -2.03. The van der Waals surface area contributed by atoms with Crippen LogP contribution in [0.3, 0.4) is 0 Å². The molecular formula is C13H12O5. The molecule has 0 unspecified atom stereocenters. The van der Waals surface area contributed by atoms with Gasteiger partial charge in [-0.15, -0.1) is 0 Å². The zero-order chi connectivity index (χ0) is 13.5. The molecule has 0 bridgehead atoms. The molecule has 0 aliphatic carbocycles. The molecule has 0 saturated carbocycles. The Morgan fingerprint density at radius 2 is 2.06 bits per heavy atom. The zero-order valence-corrected chi connectivity index (χ0v) is 10.0. The van der Waals surface area contributed by atoms with Crippen molar-refractivity contribution in [1.29, 1.82) is 0 Å². The Balaban J connectivity index is 3.04. The highest BCUT2D eigenvalue weighted by Crippen LogP contribution is 2.17. The smallest absolute Gasteiger partial charge is 0.336 e. The summed E-state index contributed by atoms with van der Waals surface area (Å²) in [5.74, 6) is 4.13. The van der Waals surface area contributed by atoms with Gasteiger partial charge in [-0.2, -0.15) is 0 Å². The van der Waals surface area contributed by atoms with Gasteiger partial charge in [-0.3, -0.25) is 4.79 Å². The van der Waals surface area contributed by atoms with Crippen LogP contribution in [0.4, 0.5) is 0 Å². The normalized spacial score (nSPS) is 9.00. The van der Waals surface area contributed by atoms with E-state index in [9.17, 15) is 9.59 Å². The van der Waals surface area contributed by atoms with Crippen molar-refractivity contribution in [3.63, 3.8) is 0 Å². The van der Waals surface area contributed by atoms with E-state index in [1.54, 1.807) is 0 Å². The number of ether oxygens (including phenoxy) is 2. The van der Waals surface area contributed by atoms with Gasteiger partial charge in [0.05, 0.1) is 19.8 Å². The second-order valence-electron chi connectivity index (χ2n) is 3.27.